The number of hydrazone groups is 1. The average Bonchev–Trinajstić information content (AvgIpc) is 2.46. The molecule has 22 heavy (non-hydrogen) atoms. The lowest BCUT2D eigenvalue weighted by atomic mass is 10.2. The van der Waals surface area contributed by atoms with Crippen molar-refractivity contribution in [3.8, 4) is 11.5 Å². The van der Waals surface area contributed by atoms with E-state index < -0.39 is 5.97 Å². The molecule has 0 aliphatic heterocycles. The molecule has 7 nitrogen and oxygen atoms in total. The lowest BCUT2D eigenvalue weighted by Gasteiger charge is -2.12. The summed E-state index contributed by atoms with van der Waals surface area (Å²) < 4.78 is 15.7. The maximum atomic E-state index is 11.3. The van der Waals surface area contributed by atoms with Crippen LogP contribution in [0.1, 0.15) is 19.4 Å². The standard InChI is InChI=1S/C14H19N3O4S/c1-3-19-12-7-10(8-16-17-14(15)22)5-6-11(12)21-9-13(18)20-4-2/h5-8H,3-4,9H2,1-2H3,(H3,15,17,22)/b16-8+. The number of thiocarbonyl (C=S) groups is 1. The predicted octanol–water partition coefficient (Wildman–Crippen LogP) is 1.19. The number of carbonyl (C=O) groups is 1. The Hall–Kier alpha value is -2.35. The lowest BCUT2D eigenvalue weighted by molar-refractivity contribution is -0.145. The minimum absolute atomic E-state index is 0.0793. The molecule has 120 valence electrons. The average molecular weight is 325 g/mol. The van der Waals surface area contributed by atoms with Gasteiger partial charge in [0, 0.05) is 0 Å². The predicted molar refractivity (Wildman–Crippen MR) is 87.3 cm³/mol. The Morgan fingerprint density at radius 3 is 2.73 bits per heavy atom. The van der Waals surface area contributed by atoms with Gasteiger partial charge in [0.2, 0.25) is 0 Å². The van der Waals surface area contributed by atoms with E-state index in [0.717, 1.165) is 5.56 Å². The normalized spacial score (nSPS) is 10.3. The van der Waals surface area contributed by atoms with Crippen LogP contribution in [0.2, 0.25) is 0 Å². The van der Waals surface area contributed by atoms with Gasteiger partial charge in [0.05, 0.1) is 19.4 Å². The van der Waals surface area contributed by atoms with Crippen molar-refractivity contribution in [2.75, 3.05) is 19.8 Å². The van der Waals surface area contributed by atoms with Crippen LogP contribution in [0.4, 0.5) is 0 Å². The molecule has 0 fully saturated rings. The first-order valence-electron chi connectivity index (χ1n) is 6.70. The zero-order chi connectivity index (χ0) is 16.4. The molecule has 0 atom stereocenters. The SMILES string of the molecule is CCOC(=O)COc1ccc(/C=N/NC(N)=S)cc1OCC. The summed E-state index contributed by atoms with van der Waals surface area (Å²) in [4.78, 5) is 11.3. The molecule has 0 saturated heterocycles. The molecule has 1 rings (SSSR count). The number of nitrogens with one attached hydrogen (secondary N) is 1. The fourth-order valence-corrected chi connectivity index (χ4v) is 1.55. The van der Waals surface area contributed by atoms with Gasteiger partial charge >= 0.3 is 5.97 Å². The summed E-state index contributed by atoms with van der Waals surface area (Å²) in [6.45, 7) is 4.18. The number of hydrogen-bond donors (Lipinski definition) is 2. The highest BCUT2D eigenvalue weighted by molar-refractivity contribution is 7.80. The molecule has 0 aliphatic rings. The van der Waals surface area contributed by atoms with Crippen LogP contribution in [-0.4, -0.2) is 37.1 Å². The zero-order valence-electron chi connectivity index (χ0n) is 12.5. The van der Waals surface area contributed by atoms with Gasteiger partial charge in [-0.1, -0.05) is 0 Å². The number of esters is 1. The lowest BCUT2D eigenvalue weighted by Crippen LogP contribution is -2.23. The maximum Gasteiger partial charge on any atom is 0.344 e. The fraction of sp³-hybridized carbons (Fsp3) is 0.357. The van der Waals surface area contributed by atoms with Crippen LogP contribution in [0.25, 0.3) is 0 Å². The molecule has 0 bridgehead atoms. The third-order valence-corrected chi connectivity index (χ3v) is 2.40. The van der Waals surface area contributed by atoms with E-state index in [4.69, 9.17) is 19.9 Å². The van der Waals surface area contributed by atoms with Crippen LogP contribution in [0.3, 0.4) is 0 Å². The number of ether oxygens (including phenoxy) is 3. The van der Waals surface area contributed by atoms with Crippen molar-refractivity contribution < 1.29 is 19.0 Å². The Kier molecular flexibility index (Phi) is 7.69. The summed E-state index contributed by atoms with van der Waals surface area (Å²) in [7, 11) is 0. The Labute approximate surface area is 134 Å². The molecule has 0 aromatic heterocycles. The van der Waals surface area contributed by atoms with Gasteiger partial charge in [-0.2, -0.15) is 5.10 Å². The Morgan fingerprint density at radius 2 is 2.09 bits per heavy atom. The second-order valence-corrected chi connectivity index (χ2v) is 4.41. The van der Waals surface area contributed by atoms with E-state index in [2.05, 4.69) is 22.7 Å². The molecular weight excluding hydrogens is 306 g/mol. The largest absolute Gasteiger partial charge is 0.490 e. The van der Waals surface area contributed by atoms with E-state index in [9.17, 15) is 4.79 Å². The molecule has 0 heterocycles. The smallest absolute Gasteiger partial charge is 0.344 e. The minimum Gasteiger partial charge on any atom is -0.490 e. The van der Waals surface area contributed by atoms with Gasteiger partial charge in [-0.3, -0.25) is 5.43 Å². The number of rotatable bonds is 8. The van der Waals surface area contributed by atoms with Crippen molar-refractivity contribution in [3.63, 3.8) is 0 Å². The second-order valence-electron chi connectivity index (χ2n) is 3.97. The summed E-state index contributed by atoms with van der Waals surface area (Å²) >= 11 is 4.64. The maximum absolute atomic E-state index is 11.3. The quantitative estimate of drug-likeness (QED) is 0.321. The van der Waals surface area contributed by atoms with Gasteiger partial charge in [-0.15, -0.1) is 0 Å². The summed E-state index contributed by atoms with van der Waals surface area (Å²) in [6.07, 6.45) is 1.54. The second kappa shape index (κ2) is 9.56. The minimum atomic E-state index is -0.434. The third-order valence-electron chi connectivity index (χ3n) is 2.31. The van der Waals surface area contributed by atoms with Crippen molar-refractivity contribution in [2.45, 2.75) is 13.8 Å². The Morgan fingerprint density at radius 1 is 1.32 bits per heavy atom. The van der Waals surface area contributed by atoms with Gasteiger partial charge in [0.1, 0.15) is 0 Å². The molecule has 0 spiro atoms. The van der Waals surface area contributed by atoms with Gasteiger partial charge in [0.25, 0.3) is 0 Å². The number of nitrogens with zero attached hydrogens (tertiary/aromatic N) is 1. The Bertz CT molecular complexity index is 549. The number of carbonyl (C=O) groups excluding carboxylic acids is 1. The summed E-state index contributed by atoms with van der Waals surface area (Å²) in [5.41, 5.74) is 8.49. The van der Waals surface area contributed by atoms with Crippen molar-refractivity contribution in [2.24, 2.45) is 10.8 Å². The molecule has 3 N–H and O–H groups in total. The molecule has 0 radical (unpaired) electrons. The zero-order valence-corrected chi connectivity index (χ0v) is 13.3. The molecule has 1 aromatic carbocycles. The number of nitrogens with two attached hydrogens (primary N) is 1. The molecule has 0 unspecified atom stereocenters. The highest BCUT2D eigenvalue weighted by atomic mass is 32.1. The summed E-state index contributed by atoms with van der Waals surface area (Å²) in [5.74, 6) is 0.525. The number of hydrogen-bond acceptors (Lipinski definition) is 6. The van der Waals surface area contributed by atoms with Crippen LogP contribution < -0.4 is 20.6 Å². The van der Waals surface area contributed by atoms with Crippen molar-refractivity contribution in [1.29, 1.82) is 0 Å². The highest BCUT2D eigenvalue weighted by Gasteiger charge is 2.09. The van der Waals surface area contributed by atoms with Gasteiger partial charge < -0.3 is 19.9 Å². The highest BCUT2D eigenvalue weighted by Crippen LogP contribution is 2.28. The first kappa shape index (κ1) is 17.7. The third kappa shape index (κ3) is 6.40. The topological polar surface area (TPSA) is 95.2 Å². The van der Waals surface area contributed by atoms with E-state index in [1.165, 1.54) is 6.21 Å². The Balaban J connectivity index is 2.78. The van der Waals surface area contributed by atoms with Crippen molar-refractivity contribution >= 4 is 29.5 Å². The van der Waals surface area contributed by atoms with Gasteiger partial charge in [0.15, 0.2) is 23.2 Å². The molecule has 1 aromatic rings. The van der Waals surface area contributed by atoms with Crippen LogP contribution in [0.15, 0.2) is 23.3 Å². The summed E-state index contributed by atoms with van der Waals surface area (Å²) in [6, 6.07) is 5.18. The number of benzene rings is 1. The van der Waals surface area contributed by atoms with E-state index in [0.29, 0.717) is 24.7 Å². The van der Waals surface area contributed by atoms with Gasteiger partial charge in [-0.05, 0) is 49.8 Å². The molecule has 8 heteroatoms. The van der Waals surface area contributed by atoms with Crippen molar-refractivity contribution in [1.82, 2.24) is 5.43 Å². The van der Waals surface area contributed by atoms with Crippen LogP contribution in [-0.2, 0) is 9.53 Å². The van der Waals surface area contributed by atoms with E-state index in [1.807, 2.05) is 6.92 Å². The van der Waals surface area contributed by atoms with E-state index in [-0.39, 0.29) is 11.7 Å². The van der Waals surface area contributed by atoms with Gasteiger partial charge in [-0.25, -0.2) is 4.79 Å². The van der Waals surface area contributed by atoms with E-state index in [1.54, 1.807) is 25.1 Å². The van der Waals surface area contributed by atoms with Crippen LogP contribution in [0.5, 0.6) is 11.5 Å². The molecule has 0 saturated carbocycles. The molecule has 0 amide bonds. The first-order valence-corrected chi connectivity index (χ1v) is 7.11. The summed E-state index contributed by atoms with van der Waals surface area (Å²) in [5, 5.41) is 3.94. The molecule has 0 aliphatic carbocycles. The van der Waals surface area contributed by atoms with Crippen molar-refractivity contribution in [3.05, 3.63) is 23.8 Å². The van der Waals surface area contributed by atoms with E-state index >= 15 is 0 Å². The monoisotopic (exact) mass is 325 g/mol. The fourth-order valence-electron chi connectivity index (χ4n) is 1.50. The van der Waals surface area contributed by atoms with Crippen LogP contribution in [0, 0.1) is 0 Å². The first-order chi connectivity index (χ1) is 10.6. The van der Waals surface area contributed by atoms with Crippen LogP contribution >= 0.6 is 12.2 Å². The molecular formula is C14H19N3O4S.